The Morgan fingerprint density at radius 1 is 1.54 bits per heavy atom. The molecule has 0 aromatic heterocycles. The second-order valence-corrected chi connectivity index (χ2v) is 5.24. The lowest BCUT2D eigenvalue weighted by molar-refractivity contribution is 0.676. The van der Waals surface area contributed by atoms with Crippen molar-refractivity contribution in [2.24, 2.45) is 5.73 Å². The van der Waals surface area contributed by atoms with Crippen molar-refractivity contribution in [3.8, 4) is 0 Å². The van der Waals surface area contributed by atoms with Crippen LogP contribution in [0.4, 0.5) is 0 Å². The molecule has 2 atom stereocenters. The van der Waals surface area contributed by atoms with Crippen molar-refractivity contribution in [1.82, 2.24) is 0 Å². The van der Waals surface area contributed by atoms with Crippen LogP contribution in [0.1, 0.15) is 6.92 Å². The molecule has 0 heterocycles. The molecule has 2 N–H and O–H groups in total. The zero-order valence-electron chi connectivity index (χ0n) is 7.37. The maximum atomic E-state index is 11.7. The molecule has 0 aliphatic carbocycles. The number of halogens is 1. The highest BCUT2D eigenvalue weighted by atomic mass is 79.9. The highest BCUT2D eigenvalue weighted by Gasteiger charge is 2.08. The van der Waals surface area contributed by atoms with Crippen LogP contribution in [-0.2, 0) is 10.8 Å². The summed E-state index contributed by atoms with van der Waals surface area (Å²) in [6.07, 6.45) is 0. The van der Waals surface area contributed by atoms with Gasteiger partial charge in [-0.25, -0.2) is 0 Å². The summed E-state index contributed by atoms with van der Waals surface area (Å²) in [6, 6.07) is 7.47. The Morgan fingerprint density at radius 2 is 2.15 bits per heavy atom. The molecule has 0 fully saturated rings. The molecule has 0 aliphatic heterocycles. The third-order valence-corrected chi connectivity index (χ3v) is 4.13. The van der Waals surface area contributed by atoms with Crippen molar-refractivity contribution in [1.29, 1.82) is 0 Å². The van der Waals surface area contributed by atoms with Crippen molar-refractivity contribution in [2.45, 2.75) is 17.9 Å². The van der Waals surface area contributed by atoms with Crippen LogP contribution in [0.15, 0.2) is 33.6 Å². The Morgan fingerprint density at radius 3 is 2.69 bits per heavy atom. The number of hydrogen-bond donors (Lipinski definition) is 1. The number of benzene rings is 1. The normalized spacial score (nSPS) is 15.3. The van der Waals surface area contributed by atoms with Crippen LogP contribution in [-0.4, -0.2) is 16.0 Å². The van der Waals surface area contributed by atoms with Crippen molar-refractivity contribution < 1.29 is 4.21 Å². The predicted molar refractivity (Wildman–Crippen MR) is 59.1 cm³/mol. The van der Waals surface area contributed by atoms with Gasteiger partial charge in [-0.05, 0) is 35.0 Å². The van der Waals surface area contributed by atoms with Gasteiger partial charge in [0.15, 0.2) is 0 Å². The van der Waals surface area contributed by atoms with Crippen LogP contribution in [0.5, 0.6) is 0 Å². The maximum Gasteiger partial charge on any atom is 0.0556 e. The summed E-state index contributed by atoms with van der Waals surface area (Å²) in [5, 5.41) is 0. The molecule has 1 aromatic carbocycles. The number of nitrogens with two attached hydrogens (primary N) is 1. The van der Waals surface area contributed by atoms with Crippen molar-refractivity contribution in [3.63, 3.8) is 0 Å². The van der Waals surface area contributed by atoms with E-state index in [1.54, 1.807) is 0 Å². The second-order valence-electron chi connectivity index (χ2n) is 2.92. The molecular formula is C9H12BrNOS. The van der Waals surface area contributed by atoms with E-state index < -0.39 is 10.8 Å². The summed E-state index contributed by atoms with van der Waals surface area (Å²) in [5.74, 6) is 0.503. The lowest BCUT2D eigenvalue weighted by atomic mass is 10.4. The van der Waals surface area contributed by atoms with Crippen LogP contribution in [0.2, 0.25) is 0 Å². The van der Waals surface area contributed by atoms with Crippen LogP contribution >= 0.6 is 15.9 Å². The lowest BCUT2D eigenvalue weighted by Gasteiger charge is -2.06. The molecule has 4 heteroatoms. The molecule has 2 unspecified atom stereocenters. The van der Waals surface area contributed by atoms with Gasteiger partial charge in [0.25, 0.3) is 0 Å². The molecule has 72 valence electrons. The van der Waals surface area contributed by atoms with Gasteiger partial charge in [0, 0.05) is 16.3 Å². The smallest absolute Gasteiger partial charge is 0.0556 e. The van der Waals surface area contributed by atoms with E-state index in [4.69, 9.17) is 5.73 Å². The summed E-state index contributed by atoms with van der Waals surface area (Å²) in [4.78, 5) is 0.819. The zero-order valence-corrected chi connectivity index (χ0v) is 9.77. The van der Waals surface area contributed by atoms with Gasteiger partial charge >= 0.3 is 0 Å². The van der Waals surface area contributed by atoms with Crippen LogP contribution in [0.3, 0.4) is 0 Å². The summed E-state index contributed by atoms with van der Waals surface area (Å²) in [6.45, 7) is 1.86. The first-order valence-electron chi connectivity index (χ1n) is 3.99. The molecule has 0 bridgehead atoms. The third kappa shape index (κ3) is 3.21. The van der Waals surface area contributed by atoms with E-state index in [2.05, 4.69) is 15.9 Å². The molecule has 1 rings (SSSR count). The molecule has 0 aliphatic rings. The molecule has 1 aromatic rings. The first-order chi connectivity index (χ1) is 6.11. The first kappa shape index (κ1) is 10.9. The molecule has 0 spiro atoms. The quantitative estimate of drug-likeness (QED) is 0.904. The SMILES string of the molecule is CC(N)CS(=O)c1ccccc1Br. The first-order valence-corrected chi connectivity index (χ1v) is 6.11. The minimum absolute atomic E-state index is 0.0343. The Balaban J connectivity index is 2.83. The minimum atomic E-state index is -0.997. The van der Waals surface area contributed by atoms with Crippen molar-refractivity contribution >= 4 is 26.7 Å². The zero-order chi connectivity index (χ0) is 9.84. The molecular weight excluding hydrogens is 250 g/mol. The van der Waals surface area contributed by atoms with E-state index in [0.717, 1.165) is 9.37 Å². The number of rotatable bonds is 3. The van der Waals surface area contributed by atoms with Gasteiger partial charge in [-0.15, -0.1) is 0 Å². The Bertz CT molecular complexity index is 314. The summed E-state index contributed by atoms with van der Waals surface area (Å²) in [5.41, 5.74) is 5.57. The summed E-state index contributed by atoms with van der Waals surface area (Å²) >= 11 is 3.35. The van der Waals surface area contributed by atoms with Crippen LogP contribution < -0.4 is 5.73 Å². The monoisotopic (exact) mass is 261 g/mol. The lowest BCUT2D eigenvalue weighted by Crippen LogP contribution is -2.23. The molecule has 0 saturated carbocycles. The largest absolute Gasteiger partial charge is 0.327 e. The average Bonchev–Trinajstić information content (AvgIpc) is 2.03. The number of hydrogen-bond acceptors (Lipinski definition) is 2. The molecule has 0 saturated heterocycles. The van der Waals surface area contributed by atoms with E-state index in [0.29, 0.717) is 5.75 Å². The van der Waals surface area contributed by atoms with Gasteiger partial charge in [-0.3, -0.25) is 4.21 Å². The van der Waals surface area contributed by atoms with Crippen molar-refractivity contribution in [2.75, 3.05) is 5.75 Å². The van der Waals surface area contributed by atoms with Gasteiger partial charge in [0.2, 0.25) is 0 Å². The minimum Gasteiger partial charge on any atom is -0.327 e. The molecule has 0 radical (unpaired) electrons. The summed E-state index contributed by atoms with van der Waals surface area (Å²) < 4.78 is 12.6. The fourth-order valence-corrected chi connectivity index (χ4v) is 2.96. The fraction of sp³-hybridized carbons (Fsp3) is 0.333. The van der Waals surface area contributed by atoms with Gasteiger partial charge in [0.05, 0.1) is 15.7 Å². The highest BCUT2D eigenvalue weighted by Crippen LogP contribution is 2.19. The molecule has 13 heavy (non-hydrogen) atoms. The van der Waals surface area contributed by atoms with E-state index in [9.17, 15) is 4.21 Å². The Hall–Kier alpha value is -0.190. The topological polar surface area (TPSA) is 43.1 Å². The van der Waals surface area contributed by atoms with Gasteiger partial charge in [0.1, 0.15) is 0 Å². The van der Waals surface area contributed by atoms with Gasteiger partial charge in [-0.1, -0.05) is 12.1 Å². The van der Waals surface area contributed by atoms with E-state index >= 15 is 0 Å². The van der Waals surface area contributed by atoms with Crippen molar-refractivity contribution in [3.05, 3.63) is 28.7 Å². The average molecular weight is 262 g/mol. The molecule has 0 amide bonds. The third-order valence-electron chi connectivity index (χ3n) is 1.50. The van der Waals surface area contributed by atoms with Crippen LogP contribution in [0.25, 0.3) is 0 Å². The van der Waals surface area contributed by atoms with E-state index in [1.807, 2.05) is 31.2 Å². The highest BCUT2D eigenvalue weighted by molar-refractivity contribution is 9.10. The molecule has 2 nitrogen and oxygen atoms in total. The second kappa shape index (κ2) is 4.88. The Kier molecular flexibility index (Phi) is 4.09. The summed E-state index contributed by atoms with van der Waals surface area (Å²) in [7, 11) is -0.997. The van der Waals surface area contributed by atoms with Gasteiger partial charge < -0.3 is 5.73 Å². The van der Waals surface area contributed by atoms with E-state index in [-0.39, 0.29) is 6.04 Å². The maximum absolute atomic E-state index is 11.7. The Labute approximate surface area is 89.1 Å². The standard InChI is InChI=1S/C9H12BrNOS/c1-7(11)6-13(12)9-5-3-2-4-8(9)10/h2-5,7H,6,11H2,1H3. The van der Waals surface area contributed by atoms with Gasteiger partial charge in [-0.2, -0.15) is 0 Å². The predicted octanol–water partition coefficient (Wildman–Crippen LogP) is 1.90. The van der Waals surface area contributed by atoms with Crippen LogP contribution in [0, 0.1) is 0 Å². The fourth-order valence-electron chi connectivity index (χ4n) is 0.958. The van der Waals surface area contributed by atoms with E-state index in [1.165, 1.54) is 0 Å².